The zero-order valence-electron chi connectivity index (χ0n) is 24.9. The van der Waals surface area contributed by atoms with Gasteiger partial charge in [0.25, 0.3) is 0 Å². The minimum absolute atomic E-state index is 0.0573. The Hall–Kier alpha value is -4.86. The predicted molar refractivity (Wildman–Crippen MR) is 158 cm³/mol. The first-order valence-electron chi connectivity index (χ1n) is 14.7. The van der Waals surface area contributed by atoms with E-state index in [1.54, 1.807) is 6.92 Å². The van der Waals surface area contributed by atoms with E-state index in [0.717, 1.165) is 0 Å². The van der Waals surface area contributed by atoms with Gasteiger partial charge in [-0.3, -0.25) is 14.4 Å². The molecule has 8 N–H and O–H groups in total. The van der Waals surface area contributed by atoms with Gasteiger partial charge in [-0.1, -0.05) is 24.3 Å². The lowest BCUT2D eigenvalue weighted by atomic mass is 9.72. The number of rotatable bonds is 6. The van der Waals surface area contributed by atoms with Crippen molar-refractivity contribution in [2.45, 2.75) is 62.4 Å². The number of benzene rings is 3. The van der Waals surface area contributed by atoms with E-state index >= 15 is 0 Å². The highest BCUT2D eigenvalue weighted by Crippen LogP contribution is 2.52. The Kier molecular flexibility index (Phi) is 8.02. The van der Waals surface area contributed by atoms with Crippen LogP contribution in [0.3, 0.4) is 0 Å². The van der Waals surface area contributed by atoms with E-state index in [9.17, 15) is 49.8 Å². The Bertz CT molecular complexity index is 1830. The second-order valence-electron chi connectivity index (χ2n) is 11.9. The van der Waals surface area contributed by atoms with Gasteiger partial charge in [-0.2, -0.15) is 0 Å². The SMILES string of the molecule is CC1OC(O[C@H]2C[C@](O)(C(=O)COC(=O)c3ccccc3O)Cc3c(O)c4c(c(O)c32)C(=O)c2c(O)cccc2C4=O)CC(N)C1O. The van der Waals surface area contributed by atoms with Crippen LogP contribution in [0.4, 0.5) is 0 Å². The van der Waals surface area contributed by atoms with Crippen molar-refractivity contribution in [2.75, 3.05) is 6.61 Å². The standard InChI is InChI=1S/C33H31NO13/c1-13-27(38)17(34)9-22(46-13)47-20-11-33(44,21(37)12-45-32(43)14-5-2-3-7-18(14)35)10-16-24(20)31(42)26-25(29(16)40)28(39)15-6-4-8-19(36)23(15)30(26)41/h2-8,13,17,20,22,27,35-36,38,40,42,44H,9-12,34H2,1H3/t13?,17?,20-,22?,27?,33-/m0/s1. The average molecular weight is 650 g/mol. The largest absolute Gasteiger partial charge is 0.507 e. The first-order chi connectivity index (χ1) is 22.2. The molecule has 1 saturated heterocycles. The fraction of sp³-hybridized carbons (Fsp3) is 0.333. The van der Waals surface area contributed by atoms with Crippen molar-refractivity contribution >= 4 is 23.3 Å². The third-order valence-corrected chi connectivity index (χ3v) is 8.92. The summed E-state index contributed by atoms with van der Waals surface area (Å²) in [6.45, 7) is 0.572. The van der Waals surface area contributed by atoms with Gasteiger partial charge >= 0.3 is 5.97 Å². The van der Waals surface area contributed by atoms with Gasteiger partial charge in [0.15, 0.2) is 18.7 Å². The summed E-state index contributed by atoms with van der Waals surface area (Å²) >= 11 is 0. The number of carbonyl (C=O) groups is 4. The second-order valence-corrected chi connectivity index (χ2v) is 11.9. The lowest BCUT2D eigenvalue weighted by molar-refractivity contribution is -0.247. The lowest BCUT2D eigenvalue weighted by Gasteiger charge is -2.42. The highest BCUT2D eigenvalue weighted by Gasteiger charge is 2.50. The van der Waals surface area contributed by atoms with Crippen LogP contribution in [0.2, 0.25) is 0 Å². The van der Waals surface area contributed by atoms with E-state index in [-0.39, 0.29) is 34.2 Å². The van der Waals surface area contributed by atoms with Gasteiger partial charge in [0.05, 0.1) is 35.0 Å². The van der Waals surface area contributed by atoms with E-state index in [1.807, 2.05) is 0 Å². The number of carbonyl (C=O) groups excluding carboxylic acids is 4. The van der Waals surface area contributed by atoms with Gasteiger partial charge in [-0.15, -0.1) is 0 Å². The van der Waals surface area contributed by atoms with E-state index in [1.165, 1.54) is 42.5 Å². The van der Waals surface area contributed by atoms with Crippen molar-refractivity contribution in [3.8, 4) is 23.0 Å². The second kappa shape index (κ2) is 11.7. The quantitative estimate of drug-likeness (QED) is 0.115. The number of aliphatic hydroxyl groups is 2. The molecule has 3 aromatic rings. The number of fused-ring (bicyclic) bond motifs is 3. The molecule has 0 spiro atoms. The molecule has 47 heavy (non-hydrogen) atoms. The molecule has 0 saturated carbocycles. The van der Waals surface area contributed by atoms with Crippen LogP contribution in [0, 0.1) is 0 Å². The third kappa shape index (κ3) is 5.29. The molecular formula is C33H31NO13. The molecule has 246 valence electrons. The molecule has 1 fully saturated rings. The number of ketones is 3. The Morgan fingerprint density at radius 3 is 2.34 bits per heavy atom. The maximum Gasteiger partial charge on any atom is 0.342 e. The lowest BCUT2D eigenvalue weighted by Crippen LogP contribution is -2.53. The molecule has 6 atom stereocenters. The number of ether oxygens (including phenoxy) is 3. The molecule has 14 heteroatoms. The zero-order valence-corrected chi connectivity index (χ0v) is 24.9. The van der Waals surface area contributed by atoms with E-state index in [4.69, 9.17) is 19.9 Å². The van der Waals surface area contributed by atoms with Crippen molar-refractivity contribution in [1.29, 1.82) is 0 Å². The van der Waals surface area contributed by atoms with Gasteiger partial charge in [-0.05, 0) is 25.1 Å². The molecule has 0 radical (unpaired) electrons. The Morgan fingerprint density at radius 2 is 1.64 bits per heavy atom. The first-order valence-corrected chi connectivity index (χ1v) is 14.7. The minimum atomic E-state index is -2.42. The Labute approximate surface area is 266 Å². The summed E-state index contributed by atoms with van der Waals surface area (Å²) in [4.78, 5) is 53.3. The zero-order chi connectivity index (χ0) is 33.9. The number of para-hydroxylation sites is 1. The number of phenols is 4. The number of esters is 1. The van der Waals surface area contributed by atoms with E-state index in [0.29, 0.717) is 0 Å². The molecule has 0 aromatic heterocycles. The van der Waals surface area contributed by atoms with Crippen molar-refractivity contribution in [3.05, 3.63) is 81.4 Å². The highest BCUT2D eigenvalue weighted by atomic mass is 16.7. The molecule has 4 unspecified atom stereocenters. The number of hydrogen-bond donors (Lipinski definition) is 7. The minimum Gasteiger partial charge on any atom is -0.507 e. The van der Waals surface area contributed by atoms with E-state index in [2.05, 4.69) is 0 Å². The fourth-order valence-electron chi connectivity index (χ4n) is 6.44. The fourth-order valence-corrected chi connectivity index (χ4v) is 6.44. The summed E-state index contributed by atoms with van der Waals surface area (Å²) in [6, 6.07) is 8.43. The van der Waals surface area contributed by atoms with Gasteiger partial charge in [0.1, 0.15) is 34.2 Å². The molecule has 1 aliphatic heterocycles. The summed E-state index contributed by atoms with van der Waals surface area (Å²) in [5.74, 6) is -6.46. The number of hydrogen-bond acceptors (Lipinski definition) is 14. The average Bonchev–Trinajstić information content (AvgIpc) is 3.02. The van der Waals surface area contributed by atoms with Crippen molar-refractivity contribution < 1.29 is 64.0 Å². The van der Waals surface area contributed by atoms with Crippen molar-refractivity contribution in [1.82, 2.24) is 0 Å². The van der Waals surface area contributed by atoms with Crippen LogP contribution in [-0.2, 0) is 25.4 Å². The van der Waals surface area contributed by atoms with Gasteiger partial charge in [0.2, 0.25) is 11.6 Å². The number of phenolic OH excluding ortho intramolecular Hbond substituents is 4. The molecule has 0 amide bonds. The molecule has 0 bridgehead atoms. The third-order valence-electron chi connectivity index (χ3n) is 8.92. The van der Waals surface area contributed by atoms with Gasteiger partial charge in [0, 0.05) is 42.0 Å². The number of aromatic hydroxyl groups is 4. The molecule has 6 rings (SSSR count). The summed E-state index contributed by atoms with van der Waals surface area (Å²) in [5.41, 5.74) is 1.07. The van der Waals surface area contributed by atoms with Gasteiger partial charge < -0.3 is 50.6 Å². The molecule has 14 nitrogen and oxygen atoms in total. The maximum atomic E-state index is 13.6. The summed E-state index contributed by atoms with van der Waals surface area (Å²) < 4.78 is 16.9. The number of Topliss-reactive ketones (excluding diaryl/α,β-unsaturated/α-hetero) is 1. The van der Waals surface area contributed by atoms with Crippen LogP contribution < -0.4 is 5.73 Å². The van der Waals surface area contributed by atoms with Crippen molar-refractivity contribution in [3.63, 3.8) is 0 Å². The topological polar surface area (TPSA) is 243 Å². The molecule has 3 aromatic carbocycles. The summed E-state index contributed by atoms with van der Waals surface area (Å²) in [6.07, 6.45) is -5.83. The normalized spacial score (nSPS) is 26.6. The van der Waals surface area contributed by atoms with Crippen LogP contribution >= 0.6 is 0 Å². The number of nitrogens with two attached hydrogens (primary N) is 1. The van der Waals surface area contributed by atoms with Crippen LogP contribution in [0.25, 0.3) is 0 Å². The van der Waals surface area contributed by atoms with E-state index < -0.39 is 113 Å². The molecule has 3 aliphatic rings. The molecule has 1 heterocycles. The highest BCUT2D eigenvalue weighted by molar-refractivity contribution is 6.31. The molecular weight excluding hydrogens is 618 g/mol. The van der Waals surface area contributed by atoms with Crippen molar-refractivity contribution in [2.24, 2.45) is 5.73 Å². The molecule has 2 aliphatic carbocycles. The Balaban J connectivity index is 1.41. The van der Waals surface area contributed by atoms with Crippen LogP contribution in [0.1, 0.15) is 79.2 Å². The first kappa shape index (κ1) is 32.1. The van der Waals surface area contributed by atoms with Crippen LogP contribution in [0.5, 0.6) is 23.0 Å². The van der Waals surface area contributed by atoms with Crippen LogP contribution in [0.15, 0.2) is 42.5 Å². The summed E-state index contributed by atoms with van der Waals surface area (Å²) in [5, 5.41) is 65.5. The van der Waals surface area contributed by atoms with Crippen LogP contribution in [-0.4, -0.2) is 90.7 Å². The monoisotopic (exact) mass is 649 g/mol. The smallest absolute Gasteiger partial charge is 0.342 e. The van der Waals surface area contributed by atoms with Gasteiger partial charge in [-0.25, -0.2) is 4.79 Å². The Morgan fingerprint density at radius 1 is 0.957 bits per heavy atom. The summed E-state index contributed by atoms with van der Waals surface area (Å²) in [7, 11) is 0. The number of aliphatic hydroxyl groups excluding tert-OH is 1. The predicted octanol–water partition coefficient (Wildman–Crippen LogP) is 1.27. The maximum absolute atomic E-state index is 13.6.